The second-order valence-corrected chi connectivity index (χ2v) is 5.34. The molecule has 1 aliphatic rings. The van der Waals surface area contributed by atoms with Gasteiger partial charge in [-0.15, -0.1) is 0 Å². The van der Waals surface area contributed by atoms with E-state index in [4.69, 9.17) is 11.6 Å². The smallest absolute Gasteiger partial charge is 0.315 e. The van der Waals surface area contributed by atoms with E-state index in [9.17, 15) is 4.79 Å². The maximum atomic E-state index is 11.6. The SMILES string of the molecule is CC(NC(=O)NCCc1cccc(Cl)c1)C1CC1. The van der Waals surface area contributed by atoms with Crippen molar-refractivity contribution in [1.29, 1.82) is 0 Å². The summed E-state index contributed by atoms with van der Waals surface area (Å²) in [5, 5.41) is 6.57. The molecule has 1 atom stereocenters. The van der Waals surface area contributed by atoms with Crippen LogP contribution in [0.3, 0.4) is 0 Å². The Morgan fingerprint density at radius 3 is 2.94 bits per heavy atom. The van der Waals surface area contributed by atoms with Gasteiger partial charge in [-0.3, -0.25) is 0 Å². The second kappa shape index (κ2) is 6.10. The standard InChI is InChI=1S/C14H19ClN2O/c1-10(12-5-6-12)17-14(18)16-8-7-11-3-2-4-13(15)9-11/h2-4,9-10,12H,5-8H2,1H3,(H2,16,17,18). The van der Waals surface area contributed by atoms with Gasteiger partial charge in [-0.05, 0) is 49.8 Å². The van der Waals surface area contributed by atoms with Crippen LogP contribution in [0, 0.1) is 5.92 Å². The lowest BCUT2D eigenvalue weighted by atomic mass is 10.1. The normalized spacial score (nSPS) is 16.1. The number of hydrogen-bond donors (Lipinski definition) is 2. The molecule has 0 aromatic heterocycles. The molecule has 3 nitrogen and oxygen atoms in total. The van der Waals surface area contributed by atoms with Crippen LogP contribution >= 0.6 is 11.6 Å². The van der Waals surface area contributed by atoms with Crippen LogP contribution in [0.2, 0.25) is 5.02 Å². The molecule has 1 aliphatic carbocycles. The Bertz CT molecular complexity index is 418. The molecule has 0 aliphatic heterocycles. The number of rotatable bonds is 5. The molecule has 18 heavy (non-hydrogen) atoms. The van der Waals surface area contributed by atoms with Crippen LogP contribution in [0.15, 0.2) is 24.3 Å². The quantitative estimate of drug-likeness (QED) is 0.845. The maximum absolute atomic E-state index is 11.6. The number of carbonyl (C=O) groups excluding carboxylic acids is 1. The number of urea groups is 1. The monoisotopic (exact) mass is 266 g/mol. The Kier molecular flexibility index (Phi) is 4.48. The highest BCUT2D eigenvalue weighted by Gasteiger charge is 2.28. The van der Waals surface area contributed by atoms with Crippen molar-refractivity contribution in [2.24, 2.45) is 5.92 Å². The van der Waals surface area contributed by atoms with Gasteiger partial charge in [-0.1, -0.05) is 23.7 Å². The lowest BCUT2D eigenvalue weighted by Gasteiger charge is -2.13. The Labute approximate surface area is 113 Å². The number of hydrogen-bond acceptors (Lipinski definition) is 1. The number of amides is 2. The Hall–Kier alpha value is -1.22. The summed E-state index contributed by atoms with van der Waals surface area (Å²) < 4.78 is 0. The Morgan fingerprint density at radius 1 is 1.50 bits per heavy atom. The third-order valence-electron chi connectivity index (χ3n) is 3.28. The second-order valence-electron chi connectivity index (χ2n) is 4.91. The average molecular weight is 267 g/mol. The summed E-state index contributed by atoms with van der Waals surface area (Å²) in [6.45, 7) is 2.69. The van der Waals surface area contributed by atoms with Crippen LogP contribution in [0.5, 0.6) is 0 Å². The molecular weight excluding hydrogens is 248 g/mol. The van der Waals surface area contributed by atoms with E-state index in [1.165, 1.54) is 12.8 Å². The molecule has 1 aromatic rings. The third kappa shape index (κ3) is 4.22. The van der Waals surface area contributed by atoms with E-state index in [2.05, 4.69) is 17.6 Å². The molecule has 1 aromatic carbocycles. The molecule has 98 valence electrons. The summed E-state index contributed by atoms with van der Waals surface area (Å²) in [5.74, 6) is 0.684. The Morgan fingerprint density at radius 2 is 2.28 bits per heavy atom. The summed E-state index contributed by atoms with van der Waals surface area (Å²) in [6, 6.07) is 7.93. The van der Waals surface area contributed by atoms with Crippen LogP contribution in [0.1, 0.15) is 25.3 Å². The van der Waals surface area contributed by atoms with Crippen LogP contribution in [-0.2, 0) is 6.42 Å². The molecule has 0 saturated heterocycles. The maximum Gasteiger partial charge on any atom is 0.315 e. The first-order chi connectivity index (χ1) is 8.65. The largest absolute Gasteiger partial charge is 0.338 e. The molecule has 1 saturated carbocycles. The van der Waals surface area contributed by atoms with Crippen molar-refractivity contribution in [2.45, 2.75) is 32.2 Å². The van der Waals surface area contributed by atoms with Gasteiger partial charge in [-0.25, -0.2) is 4.79 Å². The Balaban J connectivity index is 1.66. The molecule has 4 heteroatoms. The number of halogens is 1. The first kappa shape index (κ1) is 13.2. The van der Waals surface area contributed by atoms with E-state index in [1.54, 1.807) is 0 Å². The fourth-order valence-corrected chi connectivity index (χ4v) is 2.20. The van der Waals surface area contributed by atoms with E-state index in [-0.39, 0.29) is 12.1 Å². The van der Waals surface area contributed by atoms with Crippen molar-refractivity contribution in [3.05, 3.63) is 34.9 Å². The third-order valence-corrected chi connectivity index (χ3v) is 3.51. The molecule has 0 radical (unpaired) electrons. The highest BCUT2D eigenvalue weighted by atomic mass is 35.5. The summed E-state index contributed by atoms with van der Waals surface area (Å²) in [6.07, 6.45) is 3.28. The van der Waals surface area contributed by atoms with Crippen LogP contribution in [0.25, 0.3) is 0 Å². The molecule has 0 bridgehead atoms. The molecule has 1 unspecified atom stereocenters. The van der Waals surface area contributed by atoms with Crippen molar-refractivity contribution < 1.29 is 4.79 Å². The van der Waals surface area contributed by atoms with Gasteiger partial charge in [0.05, 0.1) is 0 Å². The first-order valence-electron chi connectivity index (χ1n) is 6.44. The lowest BCUT2D eigenvalue weighted by Crippen LogP contribution is -2.42. The topological polar surface area (TPSA) is 41.1 Å². The van der Waals surface area contributed by atoms with E-state index < -0.39 is 0 Å². The fraction of sp³-hybridized carbons (Fsp3) is 0.500. The van der Waals surface area contributed by atoms with E-state index in [1.807, 2.05) is 24.3 Å². The van der Waals surface area contributed by atoms with Gasteiger partial charge in [0.1, 0.15) is 0 Å². The van der Waals surface area contributed by atoms with E-state index in [0.29, 0.717) is 12.5 Å². The van der Waals surface area contributed by atoms with Gasteiger partial charge in [0.2, 0.25) is 0 Å². The zero-order chi connectivity index (χ0) is 13.0. The van der Waals surface area contributed by atoms with E-state index in [0.717, 1.165) is 17.0 Å². The van der Waals surface area contributed by atoms with Gasteiger partial charge in [0.15, 0.2) is 0 Å². The molecule has 2 N–H and O–H groups in total. The molecular formula is C14H19ClN2O. The van der Waals surface area contributed by atoms with Gasteiger partial charge >= 0.3 is 6.03 Å². The fourth-order valence-electron chi connectivity index (χ4n) is 1.98. The number of carbonyl (C=O) groups is 1. The van der Waals surface area contributed by atoms with Crippen molar-refractivity contribution in [3.8, 4) is 0 Å². The van der Waals surface area contributed by atoms with Gasteiger partial charge < -0.3 is 10.6 Å². The highest BCUT2D eigenvalue weighted by molar-refractivity contribution is 6.30. The minimum atomic E-state index is -0.0728. The zero-order valence-electron chi connectivity index (χ0n) is 10.6. The molecule has 1 fully saturated rings. The van der Waals surface area contributed by atoms with Gasteiger partial charge in [0.25, 0.3) is 0 Å². The summed E-state index contributed by atoms with van der Waals surface area (Å²) in [4.78, 5) is 11.6. The van der Waals surface area contributed by atoms with Crippen molar-refractivity contribution in [3.63, 3.8) is 0 Å². The summed E-state index contributed by atoms with van der Waals surface area (Å²) in [5.41, 5.74) is 1.14. The molecule has 2 amide bonds. The lowest BCUT2D eigenvalue weighted by molar-refractivity contribution is 0.236. The average Bonchev–Trinajstić information content (AvgIpc) is 3.12. The number of benzene rings is 1. The van der Waals surface area contributed by atoms with Crippen molar-refractivity contribution >= 4 is 17.6 Å². The van der Waals surface area contributed by atoms with E-state index >= 15 is 0 Å². The number of nitrogens with one attached hydrogen (secondary N) is 2. The summed E-state index contributed by atoms with van der Waals surface area (Å²) >= 11 is 5.90. The molecule has 2 rings (SSSR count). The first-order valence-corrected chi connectivity index (χ1v) is 6.82. The minimum Gasteiger partial charge on any atom is -0.338 e. The predicted octanol–water partition coefficient (Wildman–Crippen LogP) is 2.98. The van der Waals surface area contributed by atoms with Gasteiger partial charge in [0, 0.05) is 17.6 Å². The van der Waals surface area contributed by atoms with Crippen molar-refractivity contribution in [1.82, 2.24) is 10.6 Å². The molecule has 0 spiro atoms. The predicted molar refractivity (Wildman–Crippen MR) is 73.9 cm³/mol. The van der Waals surface area contributed by atoms with Crippen LogP contribution in [-0.4, -0.2) is 18.6 Å². The zero-order valence-corrected chi connectivity index (χ0v) is 11.3. The minimum absolute atomic E-state index is 0.0728. The van der Waals surface area contributed by atoms with Crippen LogP contribution in [0.4, 0.5) is 4.79 Å². The summed E-state index contributed by atoms with van der Waals surface area (Å²) in [7, 11) is 0. The van der Waals surface area contributed by atoms with Gasteiger partial charge in [-0.2, -0.15) is 0 Å². The van der Waals surface area contributed by atoms with Crippen molar-refractivity contribution in [2.75, 3.05) is 6.54 Å². The molecule has 0 heterocycles. The highest BCUT2D eigenvalue weighted by Crippen LogP contribution is 2.32. The van der Waals surface area contributed by atoms with Crippen LogP contribution < -0.4 is 10.6 Å².